The quantitative estimate of drug-likeness (QED) is 0.660. The van der Waals surface area contributed by atoms with Gasteiger partial charge >= 0.3 is 5.97 Å². The highest BCUT2D eigenvalue weighted by Gasteiger charge is 2.46. The number of hydrogen-bond acceptors (Lipinski definition) is 5. The Morgan fingerprint density at radius 2 is 1.72 bits per heavy atom. The second-order valence-electron chi connectivity index (χ2n) is 6.59. The predicted octanol–water partition coefficient (Wildman–Crippen LogP) is 2.91. The summed E-state index contributed by atoms with van der Waals surface area (Å²) in [4.78, 5) is 11.4. The van der Waals surface area contributed by atoms with E-state index in [0.29, 0.717) is 11.1 Å². The molecule has 4 rings (SSSR count). The van der Waals surface area contributed by atoms with Crippen LogP contribution in [-0.2, 0) is 19.8 Å². The fourth-order valence-corrected chi connectivity index (χ4v) is 3.71. The van der Waals surface area contributed by atoms with Crippen LogP contribution in [0.2, 0.25) is 0 Å². The Morgan fingerprint density at radius 3 is 2.24 bits per heavy atom. The van der Waals surface area contributed by atoms with Crippen LogP contribution in [0.4, 0.5) is 0 Å². The molecule has 0 radical (unpaired) electrons. The van der Waals surface area contributed by atoms with Crippen molar-refractivity contribution in [3.8, 4) is 11.8 Å². The fourth-order valence-electron chi connectivity index (χ4n) is 3.71. The van der Waals surface area contributed by atoms with Gasteiger partial charge in [0.15, 0.2) is 0 Å². The summed E-state index contributed by atoms with van der Waals surface area (Å²) in [5, 5.41) is 21.7. The third kappa shape index (κ3) is 2.17. The Kier molecular flexibility index (Phi) is 3.40. The van der Waals surface area contributed by atoms with Crippen molar-refractivity contribution < 1.29 is 24.5 Å². The molecular formula is C19H19NO5. The molecule has 2 aliphatic heterocycles. The zero-order valence-electron chi connectivity index (χ0n) is 14.0. The van der Waals surface area contributed by atoms with E-state index < -0.39 is 11.5 Å². The van der Waals surface area contributed by atoms with Gasteiger partial charge in [0, 0.05) is 6.92 Å². The van der Waals surface area contributed by atoms with Crippen molar-refractivity contribution in [1.29, 1.82) is 0 Å². The maximum absolute atomic E-state index is 11.4. The van der Waals surface area contributed by atoms with Crippen LogP contribution in [0.15, 0.2) is 42.5 Å². The molecule has 2 aromatic rings. The van der Waals surface area contributed by atoms with Crippen molar-refractivity contribution in [2.45, 2.75) is 31.6 Å². The molecule has 25 heavy (non-hydrogen) atoms. The van der Waals surface area contributed by atoms with Crippen LogP contribution < -0.4 is 0 Å². The molecule has 2 aliphatic rings. The van der Waals surface area contributed by atoms with E-state index in [1.54, 1.807) is 0 Å². The zero-order valence-corrected chi connectivity index (χ0v) is 14.0. The Balaban J connectivity index is 1.88. The van der Waals surface area contributed by atoms with Crippen LogP contribution in [-0.4, -0.2) is 27.4 Å². The fraction of sp³-hybridized carbons (Fsp3) is 0.316. The second-order valence-corrected chi connectivity index (χ2v) is 6.59. The molecule has 2 unspecified atom stereocenters. The van der Waals surface area contributed by atoms with E-state index in [-0.39, 0.29) is 30.6 Å². The Bertz CT molecular complexity index is 834. The smallest absolute Gasteiger partial charge is 0.302 e. The molecule has 1 aromatic heterocycles. The minimum absolute atomic E-state index is 0.0232. The first-order valence-electron chi connectivity index (χ1n) is 8.13. The number of carbonyl (C=O) groups excluding carboxylic acids is 1. The minimum Gasteiger partial charge on any atom is -0.494 e. The largest absolute Gasteiger partial charge is 0.494 e. The standard InChI is InChI=1S/C19H19NO5/c1-11(21)24-10-19(2,12-6-4-3-5-7-12)20-17(22)15-13-8-9-14(25-13)16(15)18(20)23/h3-9,13-14,22-23H,10H2,1-2H3/t13?,14?,19-/m1/s1. The van der Waals surface area contributed by atoms with E-state index in [9.17, 15) is 15.0 Å². The molecular weight excluding hydrogens is 322 g/mol. The number of fused-ring (bicyclic) bond motifs is 5. The lowest BCUT2D eigenvalue weighted by molar-refractivity contribution is -0.143. The van der Waals surface area contributed by atoms with Gasteiger partial charge in [0.25, 0.3) is 0 Å². The van der Waals surface area contributed by atoms with Crippen LogP contribution in [0.3, 0.4) is 0 Å². The third-order valence-corrected chi connectivity index (χ3v) is 4.96. The number of hydrogen-bond donors (Lipinski definition) is 2. The van der Waals surface area contributed by atoms with Gasteiger partial charge in [0.1, 0.15) is 24.4 Å². The third-order valence-electron chi connectivity index (χ3n) is 4.96. The van der Waals surface area contributed by atoms with Crippen molar-refractivity contribution in [3.63, 3.8) is 0 Å². The zero-order chi connectivity index (χ0) is 17.8. The Labute approximate surface area is 144 Å². The highest BCUT2D eigenvalue weighted by Crippen LogP contribution is 2.56. The molecule has 2 N–H and O–H groups in total. The monoisotopic (exact) mass is 341 g/mol. The second kappa shape index (κ2) is 5.39. The van der Waals surface area contributed by atoms with Crippen molar-refractivity contribution in [3.05, 3.63) is 59.2 Å². The summed E-state index contributed by atoms with van der Waals surface area (Å²) >= 11 is 0. The molecule has 130 valence electrons. The van der Waals surface area contributed by atoms with Crippen LogP contribution in [0.5, 0.6) is 11.8 Å². The molecule has 0 saturated heterocycles. The summed E-state index contributed by atoms with van der Waals surface area (Å²) in [6, 6.07) is 9.35. The normalized spacial score (nSPS) is 22.6. The first-order valence-corrected chi connectivity index (χ1v) is 8.13. The van der Waals surface area contributed by atoms with Gasteiger partial charge in [-0.15, -0.1) is 0 Å². The van der Waals surface area contributed by atoms with Gasteiger partial charge in [-0.2, -0.15) is 0 Å². The molecule has 0 amide bonds. The summed E-state index contributed by atoms with van der Waals surface area (Å²) in [7, 11) is 0. The molecule has 6 heteroatoms. The van der Waals surface area contributed by atoms with Gasteiger partial charge in [-0.25, -0.2) is 0 Å². The summed E-state index contributed by atoms with van der Waals surface area (Å²) in [5.74, 6) is -0.559. The van der Waals surface area contributed by atoms with Gasteiger partial charge in [0.2, 0.25) is 11.8 Å². The highest BCUT2D eigenvalue weighted by atomic mass is 16.5. The van der Waals surface area contributed by atoms with Crippen molar-refractivity contribution >= 4 is 5.97 Å². The summed E-state index contributed by atoms with van der Waals surface area (Å²) < 4.78 is 12.4. The lowest BCUT2D eigenvalue weighted by atomic mass is 9.92. The molecule has 0 spiro atoms. The number of esters is 1. The van der Waals surface area contributed by atoms with E-state index in [4.69, 9.17) is 9.47 Å². The van der Waals surface area contributed by atoms with Gasteiger partial charge in [-0.05, 0) is 12.5 Å². The van der Waals surface area contributed by atoms with E-state index in [2.05, 4.69) is 0 Å². The topological polar surface area (TPSA) is 80.9 Å². The lowest BCUT2D eigenvalue weighted by Gasteiger charge is -2.33. The summed E-state index contributed by atoms with van der Waals surface area (Å²) in [6.45, 7) is 3.12. The number of ether oxygens (including phenoxy) is 2. The minimum atomic E-state index is -0.967. The van der Waals surface area contributed by atoms with E-state index >= 15 is 0 Å². The number of aromatic hydroxyl groups is 2. The number of benzene rings is 1. The average Bonchev–Trinajstić information content (AvgIpc) is 3.28. The van der Waals surface area contributed by atoms with E-state index in [1.165, 1.54) is 11.5 Å². The van der Waals surface area contributed by atoms with Gasteiger partial charge in [-0.1, -0.05) is 42.5 Å². The first kappa shape index (κ1) is 15.8. The maximum Gasteiger partial charge on any atom is 0.302 e. The molecule has 1 aromatic carbocycles. The predicted molar refractivity (Wildman–Crippen MR) is 89.3 cm³/mol. The average molecular weight is 341 g/mol. The molecule has 6 nitrogen and oxygen atoms in total. The van der Waals surface area contributed by atoms with Crippen molar-refractivity contribution in [1.82, 2.24) is 4.57 Å². The summed E-state index contributed by atoms with van der Waals surface area (Å²) in [6.07, 6.45) is 3.01. The summed E-state index contributed by atoms with van der Waals surface area (Å²) in [5.41, 5.74) is 0.993. The SMILES string of the molecule is CC(=O)OC[C@](C)(c1ccccc1)n1c(O)c2c(c1O)C1C=CC2O1. The van der Waals surface area contributed by atoms with Gasteiger partial charge in [0.05, 0.1) is 11.1 Å². The molecule has 0 fully saturated rings. The molecule has 3 heterocycles. The van der Waals surface area contributed by atoms with Crippen LogP contribution in [0.1, 0.15) is 42.7 Å². The van der Waals surface area contributed by atoms with Gasteiger partial charge in [-0.3, -0.25) is 9.36 Å². The highest BCUT2D eigenvalue weighted by molar-refractivity contribution is 5.66. The molecule has 2 bridgehead atoms. The lowest BCUT2D eigenvalue weighted by Crippen LogP contribution is -2.37. The number of aromatic nitrogens is 1. The molecule has 0 saturated carbocycles. The molecule has 0 aliphatic carbocycles. The number of rotatable bonds is 4. The molecule has 3 atom stereocenters. The van der Waals surface area contributed by atoms with Crippen molar-refractivity contribution in [2.24, 2.45) is 0 Å². The van der Waals surface area contributed by atoms with Crippen LogP contribution >= 0.6 is 0 Å². The number of carbonyl (C=O) groups is 1. The van der Waals surface area contributed by atoms with E-state index in [0.717, 1.165) is 5.56 Å². The Hall–Kier alpha value is -2.73. The van der Waals surface area contributed by atoms with Crippen molar-refractivity contribution in [2.75, 3.05) is 6.61 Å². The van der Waals surface area contributed by atoms with Crippen LogP contribution in [0, 0.1) is 0 Å². The number of nitrogens with zero attached hydrogens (tertiary/aromatic N) is 1. The first-order chi connectivity index (χ1) is 11.9. The van der Waals surface area contributed by atoms with Crippen LogP contribution in [0.25, 0.3) is 0 Å². The van der Waals surface area contributed by atoms with E-state index in [1.807, 2.05) is 49.4 Å². The Morgan fingerprint density at radius 1 is 1.16 bits per heavy atom. The maximum atomic E-state index is 11.4. The van der Waals surface area contributed by atoms with Gasteiger partial charge < -0.3 is 19.7 Å².